The highest BCUT2D eigenvalue weighted by Gasteiger charge is 2.52. The number of phenols is 2. The summed E-state index contributed by atoms with van der Waals surface area (Å²) >= 11 is 12.2. The van der Waals surface area contributed by atoms with Gasteiger partial charge in [-0.2, -0.15) is 10.3 Å². The van der Waals surface area contributed by atoms with Crippen LogP contribution in [0.3, 0.4) is 0 Å². The van der Waals surface area contributed by atoms with E-state index in [0.29, 0.717) is 21.2 Å². The fraction of sp³-hybridized carbons (Fsp3) is 0.235. The van der Waals surface area contributed by atoms with Crippen LogP contribution >= 0.6 is 23.2 Å². The molecule has 4 aromatic rings. The lowest BCUT2D eigenvalue weighted by molar-refractivity contribution is -0.157. The predicted octanol–water partition coefficient (Wildman–Crippen LogP) is 4.63. The summed E-state index contributed by atoms with van der Waals surface area (Å²) in [6, 6.07) is 23.4. The molecule has 2 saturated heterocycles. The Balaban J connectivity index is 1.32. The second-order valence-corrected chi connectivity index (χ2v) is 12.2. The number of phenolic OH excluding ortho intramolecular Hbond substituents is 2. The maximum absolute atomic E-state index is 14.2. The molecule has 2 aliphatic heterocycles. The Morgan fingerprint density at radius 3 is 2.49 bits per heavy atom. The summed E-state index contributed by atoms with van der Waals surface area (Å²) in [7, 11) is 0. The van der Waals surface area contributed by atoms with E-state index in [1.54, 1.807) is 29.2 Å². The SMILES string of the molecule is N#CCN(C(=O)NCc1ccc(Cl)c(Cl)c1)N1CC(=O)N2[C@@H](Cc3ccc(O)c(O)c3)C(=O)N(Cc3cccc4ccccc34)C[C@@H]21. The Morgan fingerprint density at radius 2 is 1.72 bits per heavy atom. The van der Waals surface area contributed by atoms with Gasteiger partial charge >= 0.3 is 6.03 Å². The molecular formula is C34H30Cl2N6O5. The van der Waals surface area contributed by atoms with Crippen LogP contribution in [-0.4, -0.2) is 79.7 Å². The van der Waals surface area contributed by atoms with E-state index in [-0.39, 0.29) is 62.5 Å². The number of nitrogens with zero attached hydrogens (tertiary/aromatic N) is 5. The third-order valence-corrected chi connectivity index (χ3v) is 9.21. The van der Waals surface area contributed by atoms with Crippen LogP contribution in [0, 0.1) is 11.3 Å². The number of hydrogen-bond acceptors (Lipinski definition) is 7. The third-order valence-electron chi connectivity index (χ3n) is 8.47. The van der Waals surface area contributed by atoms with Crippen LogP contribution in [0.5, 0.6) is 11.5 Å². The minimum absolute atomic E-state index is 0.0521. The largest absolute Gasteiger partial charge is 0.504 e. The van der Waals surface area contributed by atoms with Crippen molar-refractivity contribution in [3.8, 4) is 17.6 Å². The summed E-state index contributed by atoms with van der Waals surface area (Å²) in [6.07, 6.45) is -0.716. The topological polar surface area (TPSA) is 140 Å². The monoisotopic (exact) mass is 672 g/mol. The first kappa shape index (κ1) is 31.9. The molecule has 0 bridgehead atoms. The van der Waals surface area contributed by atoms with Gasteiger partial charge in [-0.05, 0) is 51.7 Å². The van der Waals surface area contributed by atoms with E-state index < -0.39 is 18.2 Å². The van der Waals surface area contributed by atoms with Gasteiger partial charge < -0.3 is 25.3 Å². The van der Waals surface area contributed by atoms with Crippen LogP contribution in [0.4, 0.5) is 4.79 Å². The van der Waals surface area contributed by atoms with Gasteiger partial charge in [-0.3, -0.25) is 9.59 Å². The van der Waals surface area contributed by atoms with Crippen LogP contribution in [0.15, 0.2) is 78.9 Å². The number of amides is 4. The van der Waals surface area contributed by atoms with Gasteiger partial charge in [0.2, 0.25) is 11.8 Å². The molecule has 4 amide bonds. The molecule has 11 nitrogen and oxygen atoms in total. The van der Waals surface area contributed by atoms with Crippen LogP contribution in [0.25, 0.3) is 10.8 Å². The van der Waals surface area contributed by atoms with Crippen molar-refractivity contribution in [2.45, 2.75) is 31.7 Å². The normalized spacial score (nSPS) is 17.9. The van der Waals surface area contributed by atoms with Gasteiger partial charge in [0.25, 0.3) is 0 Å². The molecule has 13 heteroatoms. The Kier molecular flexibility index (Phi) is 9.09. The molecule has 240 valence electrons. The van der Waals surface area contributed by atoms with Crippen molar-refractivity contribution in [2.75, 3.05) is 19.6 Å². The summed E-state index contributed by atoms with van der Waals surface area (Å²) < 4.78 is 0. The van der Waals surface area contributed by atoms with Crippen molar-refractivity contribution in [2.24, 2.45) is 0 Å². The average molecular weight is 674 g/mol. The Bertz CT molecular complexity index is 1910. The molecule has 2 fully saturated rings. The fourth-order valence-electron chi connectivity index (χ4n) is 6.21. The van der Waals surface area contributed by atoms with E-state index in [1.165, 1.54) is 27.1 Å². The average Bonchev–Trinajstić information content (AvgIpc) is 3.38. The summed E-state index contributed by atoms with van der Waals surface area (Å²) in [6.45, 7) is -0.177. The van der Waals surface area contributed by atoms with Gasteiger partial charge in [0, 0.05) is 19.5 Å². The number of urea groups is 1. The van der Waals surface area contributed by atoms with Crippen LogP contribution in [0.2, 0.25) is 10.0 Å². The first-order valence-electron chi connectivity index (χ1n) is 14.8. The Hall–Kier alpha value is -5.02. The highest BCUT2D eigenvalue weighted by Crippen LogP contribution is 2.33. The van der Waals surface area contributed by atoms with Gasteiger partial charge in [0.1, 0.15) is 18.8 Å². The minimum atomic E-state index is -0.978. The zero-order valence-electron chi connectivity index (χ0n) is 25.0. The zero-order valence-corrected chi connectivity index (χ0v) is 26.5. The summed E-state index contributed by atoms with van der Waals surface area (Å²) in [4.78, 5) is 44.5. The summed E-state index contributed by atoms with van der Waals surface area (Å²) in [5.74, 6) is -1.33. The van der Waals surface area contributed by atoms with Crippen LogP contribution in [0.1, 0.15) is 16.7 Å². The van der Waals surface area contributed by atoms with Crippen molar-refractivity contribution in [3.63, 3.8) is 0 Å². The second kappa shape index (κ2) is 13.4. The van der Waals surface area contributed by atoms with Gasteiger partial charge in [-0.1, -0.05) is 77.8 Å². The number of fused-ring (bicyclic) bond motifs is 2. The summed E-state index contributed by atoms with van der Waals surface area (Å²) in [5, 5.41) is 37.9. The maximum atomic E-state index is 14.2. The molecule has 47 heavy (non-hydrogen) atoms. The van der Waals surface area contributed by atoms with Gasteiger partial charge in [0.05, 0.1) is 29.2 Å². The number of aromatic hydroxyl groups is 2. The molecule has 0 aliphatic carbocycles. The standard InChI is InChI=1S/C34H30Cl2N6O5/c35-26-10-8-22(14-27(26)36)17-38-34(47)40(13-12-37)41-20-32(45)42-28(15-21-9-11-29(43)30(44)16-21)33(46)39(19-31(41)42)18-24-6-3-5-23-4-1-2-7-25(23)24/h1-11,14,16,28,31,43-44H,13,15,17-20H2,(H,38,47)/t28-,31+/m0/s1. The first-order chi connectivity index (χ1) is 22.6. The van der Waals surface area contributed by atoms with E-state index in [0.717, 1.165) is 16.3 Å². The first-order valence-corrected chi connectivity index (χ1v) is 15.6. The van der Waals surface area contributed by atoms with Gasteiger partial charge in [-0.15, -0.1) is 0 Å². The van der Waals surface area contributed by atoms with E-state index in [9.17, 15) is 29.9 Å². The number of carbonyl (C=O) groups excluding carboxylic acids is 3. The molecule has 2 atom stereocenters. The highest BCUT2D eigenvalue weighted by molar-refractivity contribution is 6.42. The number of nitriles is 1. The molecule has 0 spiro atoms. The number of carbonyl (C=O) groups is 3. The van der Waals surface area contributed by atoms with Crippen LogP contribution < -0.4 is 5.32 Å². The lowest BCUT2D eigenvalue weighted by atomic mass is 9.98. The Morgan fingerprint density at radius 1 is 0.957 bits per heavy atom. The van der Waals surface area contributed by atoms with Gasteiger partial charge in [-0.25, -0.2) is 9.80 Å². The summed E-state index contributed by atoms with van der Waals surface area (Å²) in [5.41, 5.74) is 2.13. The number of hydrogen-bond donors (Lipinski definition) is 3. The van der Waals surface area contributed by atoms with Crippen molar-refractivity contribution in [1.29, 1.82) is 5.26 Å². The van der Waals surface area contributed by atoms with E-state index in [2.05, 4.69) is 5.32 Å². The fourth-order valence-corrected chi connectivity index (χ4v) is 6.53. The van der Waals surface area contributed by atoms with Crippen molar-refractivity contribution >= 4 is 51.8 Å². The van der Waals surface area contributed by atoms with Crippen molar-refractivity contribution in [3.05, 3.63) is 106 Å². The number of piperazine rings is 1. The minimum Gasteiger partial charge on any atom is -0.504 e. The van der Waals surface area contributed by atoms with Crippen molar-refractivity contribution in [1.82, 2.24) is 25.1 Å². The highest BCUT2D eigenvalue weighted by atomic mass is 35.5. The molecule has 0 radical (unpaired) electrons. The molecule has 0 saturated carbocycles. The molecule has 0 aromatic heterocycles. The molecule has 6 rings (SSSR count). The maximum Gasteiger partial charge on any atom is 0.333 e. The van der Waals surface area contributed by atoms with Crippen molar-refractivity contribution < 1.29 is 24.6 Å². The Labute approximate surface area is 280 Å². The molecule has 2 heterocycles. The smallest absolute Gasteiger partial charge is 0.333 e. The van der Waals surface area contributed by atoms with E-state index >= 15 is 0 Å². The van der Waals surface area contributed by atoms with Gasteiger partial charge in [0.15, 0.2) is 11.5 Å². The van der Waals surface area contributed by atoms with Crippen LogP contribution in [-0.2, 0) is 29.1 Å². The number of benzene rings is 4. The zero-order chi connectivity index (χ0) is 33.2. The second-order valence-electron chi connectivity index (χ2n) is 11.4. The molecule has 4 aromatic carbocycles. The molecule has 0 unspecified atom stereocenters. The lowest BCUT2D eigenvalue weighted by Gasteiger charge is -2.46. The predicted molar refractivity (Wildman–Crippen MR) is 175 cm³/mol. The molecule has 3 N–H and O–H groups in total. The van der Waals surface area contributed by atoms with E-state index in [1.807, 2.05) is 48.5 Å². The van der Waals surface area contributed by atoms with E-state index in [4.69, 9.17) is 23.2 Å². The third kappa shape index (κ3) is 6.49. The number of rotatable bonds is 8. The number of halogens is 2. The molecule has 2 aliphatic rings. The number of nitrogens with one attached hydrogen (secondary N) is 1. The lowest BCUT2D eigenvalue weighted by Crippen LogP contribution is -2.66. The number of hydrazine groups is 1. The molecular weight excluding hydrogens is 643 g/mol. The quantitative estimate of drug-likeness (QED) is 0.183.